The van der Waals surface area contributed by atoms with Crippen LogP contribution in [0.15, 0.2) is 82.0 Å². The maximum atomic E-state index is 12.5. The van der Waals surface area contributed by atoms with Crippen molar-refractivity contribution in [2.24, 2.45) is 0 Å². The Kier molecular flexibility index (Phi) is 6.07. The number of nitrogens with one attached hydrogen (secondary N) is 1. The average molecular weight is 431 g/mol. The summed E-state index contributed by atoms with van der Waals surface area (Å²) in [4.78, 5) is 25.0. The molecule has 32 heavy (non-hydrogen) atoms. The van der Waals surface area contributed by atoms with Gasteiger partial charge in [-0.05, 0) is 54.1 Å². The predicted octanol–water partition coefficient (Wildman–Crippen LogP) is 4.49. The van der Waals surface area contributed by atoms with E-state index in [0.717, 1.165) is 5.39 Å². The SMILES string of the molecule is COc1ccc(OCC(=O)Nc2cc(-c3cc4ccccc4oc3=O)ccc2OC)cc1. The molecule has 0 saturated heterocycles. The number of hydrogen-bond donors (Lipinski definition) is 1. The summed E-state index contributed by atoms with van der Waals surface area (Å²) < 4.78 is 21.4. The molecule has 0 aliphatic rings. The molecule has 1 heterocycles. The first-order chi connectivity index (χ1) is 15.6. The quantitative estimate of drug-likeness (QED) is 0.434. The van der Waals surface area contributed by atoms with Crippen LogP contribution >= 0.6 is 0 Å². The highest BCUT2D eigenvalue weighted by molar-refractivity contribution is 5.94. The van der Waals surface area contributed by atoms with Gasteiger partial charge in [0.15, 0.2) is 6.61 Å². The zero-order chi connectivity index (χ0) is 22.5. The standard InChI is InChI=1S/C25H21NO6/c1-29-18-8-10-19(11-9-18)31-15-24(27)26-21-14-16(7-12-23(21)30-2)20-13-17-5-3-4-6-22(17)32-25(20)28/h3-14H,15H2,1-2H3,(H,26,27). The third-order valence-corrected chi connectivity index (χ3v) is 4.86. The number of fused-ring (bicyclic) bond motifs is 1. The number of benzene rings is 3. The normalized spacial score (nSPS) is 10.6. The molecular formula is C25H21NO6. The summed E-state index contributed by atoms with van der Waals surface area (Å²) in [5.41, 5.74) is 1.45. The van der Waals surface area contributed by atoms with Gasteiger partial charge in [0.2, 0.25) is 0 Å². The minimum Gasteiger partial charge on any atom is -0.497 e. The third-order valence-electron chi connectivity index (χ3n) is 4.86. The smallest absolute Gasteiger partial charge is 0.344 e. The number of rotatable bonds is 7. The van der Waals surface area contributed by atoms with Gasteiger partial charge in [0.05, 0.1) is 25.5 Å². The minimum absolute atomic E-state index is 0.197. The van der Waals surface area contributed by atoms with Crippen LogP contribution < -0.4 is 25.2 Å². The van der Waals surface area contributed by atoms with Gasteiger partial charge in [-0.1, -0.05) is 24.3 Å². The molecular weight excluding hydrogens is 410 g/mol. The summed E-state index contributed by atoms with van der Waals surface area (Å²) in [5, 5.41) is 3.58. The monoisotopic (exact) mass is 431 g/mol. The molecule has 4 aromatic rings. The van der Waals surface area contributed by atoms with Crippen molar-refractivity contribution in [2.45, 2.75) is 0 Å². The molecule has 7 heteroatoms. The largest absolute Gasteiger partial charge is 0.497 e. The number of carbonyl (C=O) groups is 1. The Morgan fingerprint density at radius 1 is 0.906 bits per heavy atom. The number of carbonyl (C=O) groups excluding carboxylic acids is 1. The molecule has 1 aromatic heterocycles. The van der Waals surface area contributed by atoms with Crippen LogP contribution in [0.5, 0.6) is 17.2 Å². The van der Waals surface area contributed by atoms with Crippen LogP contribution in [0.2, 0.25) is 0 Å². The predicted molar refractivity (Wildman–Crippen MR) is 122 cm³/mol. The second kappa shape index (κ2) is 9.26. The van der Waals surface area contributed by atoms with Gasteiger partial charge in [-0.3, -0.25) is 4.79 Å². The van der Waals surface area contributed by atoms with Gasteiger partial charge in [0, 0.05) is 5.39 Å². The lowest BCUT2D eigenvalue weighted by Gasteiger charge is -2.13. The summed E-state index contributed by atoms with van der Waals surface area (Å²) in [6.45, 7) is -0.197. The van der Waals surface area contributed by atoms with Crippen molar-refractivity contribution >= 4 is 22.6 Å². The van der Waals surface area contributed by atoms with E-state index in [4.69, 9.17) is 18.6 Å². The van der Waals surface area contributed by atoms with Crippen molar-refractivity contribution in [1.82, 2.24) is 0 Å². The van der Waals surface area contributed by atoms with Crippen LogP contribution in [-0.2, 0) is 4.79 Å². The van der Waals surface area contributed by atoms with E-state index in [0.29, 0.717) is 39.6 Å². The summed E-state index contributed by atoms with van der Waals surface area (Å²) in [6, 6.07) is 21.1. The lowest BCUT2D eigenvalue weighted by atomic mass is 10.0. The molecule has 0 spiro atoms. The Hall–Kier alpha value is -4.26. The van der Waals surface area contributed by atoms with E-state index in [1.54, 1.807) is 67.8 Å². The Labute approximate surface area is 184 Å². The number of anilines is 1. The fraction of sp³-hybridized carbons (Fsp3) is 0.120. The second-order valence-electron chi connectivity index (χ2n) is 6.91. The molecule has 0 unspecified atom stereocenters. The van der Waals surface area contributed by atoms with Crippen molar-refractivity contribution in [3.8, 4) is 28.4 Å². The van der Waals surface area contributed by atoms with Crippen molar-refractivity contribution in [1.29, 1.82) is 0 Å². The molecule has 0 fully saturated rings. The molecule has 0 radical (unpaired) electrons. The van der Waals surface area contributed by atoms with Crippen LogP contribution in [0, 0.1) is 0 Å². The van der Waals surface area contributed by atoms with Gasteiger partial charge in [-0.2, -0.15) is 0 Å². The maximum Gasteiger partial charge on any atom is 0.344 e. The van der Waals surface area contributed by atoms with Gasteiger partial charge < -0.3 is 23.9 Å². The van der Waals surface area contributed by atoms with E-state index >= 15 is 0 Å². The molecule has 0 aliphatic heterocycles. The summed E-state index contributed by atoms with van der Waals surface area (Å²) in [5.74, 6) is 1.32. The van der Waals surface area contributed by atoms with Crippen LogP contribution in [0.4, 0.5) is 5.69 Å². The van der Waals surface area contributed by atoms with Gasteiger partial charge in [-0.15, -0.1) is 0 Å². The van der Waals surface area contributed by atoms with Crippen LogP contribution in [0.25, 0.3) is 22.1 Å². The van der Waals surface area contributed by atoms with Crippen molar-refractivity contribution in [3.05, 3.63) is 83.2 Å². The van der Waals surface area contributed by atoms with Gasteiger partial charge in [0.25, 0.3) is 5.91 Å². The first kappa shape index (κ1) is 21.0. The van der Waals surface area contributed by atoms with Crippen LogP contribution in [0.3, 0.4) is 0 Å². The highest BCUT2D eigenvalue weighted by atomic mass is 16.5. The van der Waals surface area contributed by atoms with Crippen LogP contribution in [-0.4, -0.2) is 26.7 Å². The van der Waals surface area contributed by atoms with E-state index in [9.17, 15) is 9.59 Å². The van der Waals surface area contributed by atoms with Crippen molar-refractivity contribution in [3.63, 3.8) is 0 Å². The summed E-state index contributed by atoms with van der Waals surface area (Å²) in [6.07, 6.45) is 0. The van der Waals surface area contributed by atoms with E-state index in [1.807, 2.05) is 12.1 Å². The molecule has 3 aromatic carbocycles. The number of hydrogen-bond acceptors (Lipinski definition) is 6. The van der Waals surface area contributed by atoms with E-state index in [1.165, 1.54) is 7.11 Å². The fourth-order valence-electron chi connectivity index (χ4n) is 3.24. The molecule has 162 valence electrons. The molecule has 0 saturated carbocycles. The zero-order valence-electron chi connectivity index (χ0n) is 17.6. The zero-order valence-corrected chi connectivity index (χ0v) is 17.6. The maximum absolute atomic E-state index is 12.5. The van der Waals surface area contributed by atoms with E-state index in [-0.39, 0.29) is 12.5 Å². The molecule has 1 amide bonds. The highest BCUT2D eigenvalue weighted by Crippen LogP contribution is 2.30. The molecule has 0 bridgehead atoms. The van der Waals surface area contributed by atoms with Crippen LogP contribution in [0.1, 0.15) is 0 Å². The summed E-state index contributed by atoms with van der Waals surface area (Å²) in [7, 11) is 3.08. The molecule has 0 atom stereocenters. The lowest BCUT2D eigenvalue weighted by Crippen LogP contribution is -2.20. The molecule has 0 aliphatic carbocycles. The molecule has 7 nitrogen and oxygen atoms in total. The van der Waals surface area contributed by atoms with E-state index in [2.05, 4.69) is 5.32 Å². The number of methoxy groups -OCH3 is 2. The van der Waals surface area contributed by atoms with E-state index < -0.39 is 5.63 Å². The van der Waals surface area contributed by atoms with Gasteiger partial charge in [-0.25, -0.2) is 4.79 Å². The Bertz CT molecular complexity index is 1310. The Balaban J connectivity index is 1.55. The Morgan fingerprint density at radius 2 is 1.66 bits per heavy atom. The number of ether oxygens (including phenoxy) is 3. The highest BCUT2D eigenvalue weighted by Gasteiger charge is 2.13. The lowest BCUT2D eigenvalue weighted by molar-refractivity contribution is -0.118. The fourth-order valence-corrected chi connectivity index (χ4v) is 3.24. The third kappa shape index (κ3) is 4.57. The first-order valence-electron chi connectivity index (χ1n) is 9.85. The summed E-state index contributed by atoms with van der Waals surface area (Å²) >= 11 is 0. The van der Waals surface area contributed by atoms with Gasteiger partial charge >= 0.3 is 5.63 Å². The second-order valence-corrected chi connectivity index (χ2v) is 6.91. The molecule has 4 rings (SSSR count). The molecule has 1 N–H and O–H groups in total. The average Bonchev–Trinajstić information content (AvgIpc) is 2.82. The number of para-hydroxylation sites is 1. The Morgan fingerprint density at radius 3 is 2.41 bits per heavy atom. The minimum atomic E-state index is -0.464. The first-order valence-corrected chi connectivity index (χ1v) is 9.85. The topological polar surface area (TPSA) is 87.0 Å². The van der Waals surface area contributed by atoms with Crippen molar-refractivity contribution in [2.75, 3.05) is 26.1 Å². The van der Waals surface area contributed by atoms with Gasteiger partial charge in [0.1, 0.15) is 22.8 Å². The number of amides is 1. The van der Waals surface area contributed by atoms with Crippen molar-refractivity contribution < 1.29 is 23.4 Å².